The van der Waals surface area contributed by atoms with Crippen LogP contribution in [-0.2, 0) is 16.6 Å². The van der Waals surface area contributed by atoms with Crippen molar-refractivity contribution in [2.45, 2.75) is 11.6 Å². The molecule has 0 atom stereocenters. The molecular weight excluding hydrogens is 263 g/mol. The predicted octanol–water partition coefficient (Wildman–Crippen LogP) is 1.76. The summed E-state index contributed by atoms with van der Waals surface area (Å²) < 4.78 is 39.0. The number of sulfonamides is 1. The van der Waals surface area contributed by atoms with E-state index in [1.165, 1.54) is 23.6 Å². The summed E-state index contributed by atoms with van der Waals surface area (Å²) in [6.45, 7) is 0.127. The van der Waals surface area contributed by atoms with Crippen LogP contribution in [0.5, 0.6) is 0 Å². The van der Waals surface area contributed by atoms with Crippen LogP contribution in [-0.4, -0.2) is 13.4 Å². The Kier molecular flexibility index (Phi) is 3.51. The molecule has 0 spiro atoms. The zero-order chi connectivity index (χ0) is 12.3. The fourth-order valence-corrected chi connectivity index (χ4v) is 2.90. The summed E-state index contributed by atoms with van der Waals surface area (Å²) in [5.41, 5.74) is 0.829. The van der Waals surface area contributed by atoms with Crippen molar-refractivity contribution in [3.63, 3.8) is 0 Å². The highest BCUT2D eigenvalue weighted by Crippen LogP contribution is 2.11. The van der Waals surface area contributed by atoms with Gasteiger partial charge in [-0.15, -0.1) is 0 Å². The summed E-state index contributed by atoms with van der Waals surface area (Å²) in [4.78, 5) is 3.53. The molecule has 17 heavy (non-hydrogen) atoms. The van der Waals surface area contributed by atoms with Crippen LogP contribution in [0, 0.1) is 5.82 Å². The van der Waals surface area contributed by atoms with E-state index >= 15 is 0 Å². The molecule has 0 aliphatic carbocycles. The molecular formula is C10H9FN2O2S2. The van der Waals surface area contributed by atoms with Crippen molar-refractivity contribution in [3.8, 4) is 0 Å². The molecule has 4 nitrogen and oxygen atoms in total. The van der Waals surface area contributed by atoms with Gasteiger partial charge in [0, 0.05) is 12.7 Å². The van der Waals surface area contributed by atoms with Crippen molar-refractivity contribution in [1.82, 2.24) is 9.71 Å². The van der Waals surface area contributed by atoms with E-state index in [0.29, 0.717) is 0 Å². The van der Waals surface area contributed by atoms with E-state index in [1.807, 2.05) is 10.8 Å². The predicted molar refractivity (Wildman–Crippen MR) is 62.5 cm³/mol. The van der Waals surface area contributed by atoms with E-state index in [9.17, 15) is 12.8 Å². The van der Waals surface area contributed by atoms with Crippen molar-refractivity contribution in [3.05, 3.63) is 46.5 Å². The largest absolute Gasteiger partial charge is 0.261 e. The minimum absolute atomic E-state index is 0.127. The van der Waals surface area contributed by atoms with Crippen LogP contribution in [0.3, 0.4) is 0 Å². The van der Waals surface area contributed by atoms with Gasteiger partial charge in [0.2, 0.25) is 5.03 Å². The Labute approximate surface area is 102 Å². The van der Waals surface area contributed by atoms with Crippen LogP contribution >= 0.6 is 11.3 Å². The second-order valence-corrected chi connectivity index (χ2v) is 5.71. The highest BCUT2D eigenvalue weighted by atomic mass is 32.2. The molecule has 1 N–H and O–H groups in total. The number of thiophene rings is 1. The van der Waals surface area contributed by atoms with Gasteiger partial charge >= 0.3 is 0 Å². The molecule has 0 aromatic carbocycles. The third-order valence-corrected chi connectivity index (χ3v) is 4.09. The van der Waals surface area contributed by atoms with Gasteiger partial charge in [-0.25, -0.2) is 22.5 Å². The topological polar surface area (TPSA) is 59.1 Å². The zero-order valence-electron chi connectivity index (χ0n) is 8.63. The summed E-state index contributed by atoms with van der Waals surface area (Å²) in [6, 6.07) is 4.20. The van der Waals surface area contributed by atoms with Crippen LogP contribution in [0.4, 0.5) is 4.39 Å². The van der Waals surface area contributed by atoms with Crippen molar-refractivity contribution in [2.24, 2.45) is 0 Å². The minimum Gasteiger partial charge on any atom is -0.241 e. The lowest BCUT2D eigenvalue weighted by molar-refractivity contribution is 0.544. The molecule has 0 aliphatic heterocycles. The SMILES string of the molecule is O=S(=O)(NCc1ccsc1)c1ncccc1F. The molecule has 2 aromatic rings. The van der Waals surface area contributed by atoms with Crippen molar-refractivity contribution in [1.29, 1.82) is 0 Å². The number of halogens is 1. The van der Waals surface area contributed by atoms with Crippen LogP contribution in [0.1, 0.15) is 5.56 Å². The Morgan fingerprint density at radius 1 is 1.41 bits per heavy atom. The highest BCUT2D eigenvalue weighted by molar-refractivity contribution is 7.89. The summed E-state index contributed by atoms with van der Waals surface area (Å²) in [5.74, 6) is -0.856. The number of pyridine rings is 1. The lowest BCUT2D eigenvalue weighted by Crippen LogP contribution is -2.24. The summed E-state index contributed by atoms with van der Waals surface area (Å²) in [6.07, 6.45) is 1.24. The third-order valence-electron chi connectivity index (χ3n) is 2.03. The third kappa shape index (κ3) is 2.87. The Balaban J connectivity index is 2.17. The van der Waals surface area contributed by atoms with E-state index in [-0.39, 0.29) is 6.54 Å². The standard InChI is InChI=1S/C10H9FN2O2S2/c11-9-2-1-4-12-10(9)17(14,15)13-6-8-3-5-16-7-8/h1-5,7,13H,6H2. The Morgan fingerprint density at radius 2 is 2.24 bits per heavy atom. The Hall–Kier alpha value is -1.31. The summed E-state index contributed by atoms with van der Waals surface area (Å²) in [7, 11) is -3.90. The quantitative estimate of drug-likeness (QED) is 0.922. The number of hydrogen-bond acceptors (Lipinski definition) is 4. The average Bonchev–Trinajstić information content (AvgIpc) is 2.80. The number of aromatic nitrogens is 1. The normalized spacial score (nSPS) is 11.6. The van der Waals surface area contributed by atoms with Crippen LogP contribution < -0.4 is 4.72 Å². The maximum Gasteiger partial charge on any atom is 0.261 e. The molecule has 7 heteroatoms. The Morgan fingerprint density at radius 3 is 2.88 bits per heavy atom. The molecule has 2 heterocycles. The molecule has 0 saturated heterocycles. The van der Waals surface area contributed by atoms with E-state index in [4.69, 9.17) is 0 Å². The van der Waals surface area contributed by atoms with Crippen LogP contribution in [0.2, 0.25) is 0 Å². The number of hydrogen-bond donors (Lipinski definition) is 1. The van der Waals surface area contributed by atoms with Gasteiger partial charge in [-0.2, -0.15) is 11.3 Å². The molecule has 0 radical (unpaired) electrons. The second kappa shape index (κ2) is 4.91. The van der Waals surface area contributed by atoms with Gasteiger partial charge in [0.25, 0.3) is 10.0 Å². The monoisotopic (exact) mass is 272 g/mol. The molecule has 90 valence electrons. The summed E-state index contributed by atoms with van der Waals surface area (Å²) >= 11 is 1.46. The van der Waals surface area contributed by atoms with Crippen LogP contribution in [0.25, 0.3) is 0 Å². The minimum atomic E-state index is -3.90. The molecule has 2 aromatic heterocycles. The van der Waals surface area contributed by atoms with Gasteiger partial charge in [-0.05, 0) is 34.5 Å². The Bertz CT molecular complexity index is 597. The molecule has 0 fully saturated rings. The maximum absolute atomic E-state index is 13.3. The van der Waals surface area contributed by atoms with E-state index in [1.54, 1.807) is 6.07 Å². The van der Waals surface area contributed by atoms with Crippen LogP contribution in [0.15, 0.2) is 40.2 Å². The van der Waals surface area contributed by atoms with E-state index < -0.39 is 20.9 Å². The second-order valence-electron chi connectivity index (χ2n) is 3.25. The molecule has 0 bridgehead atoms. The molecule has 0 aliphatic rings. The molecule has 0 saturated carbocycles. The number of nitrogens with one attached hydrogen (secondary N) is 1. The summed E-state index contributed by atoms with van der Waals surface area (Å²) in [5, 5.41) is 3.08. The van der Waals surface area contributed by atoms with Gasteiger partial charge in [-0.3, -0.25) is 0 Å². The molecule has 0 amide bonds. The number of rotatable bonds is 4. The van der Waals surface area contributed by atoms with Crippen molar-refractivity contribution >= 4 is 21.4 Å². The smallest absolute Gasteiger partial charge is 0.241 e. The first-order chi connectivity index (χ1) is 8.09. The van der Waals surface area contributed by atoms with E-state index in [2.05, 4.69) is 9.71 Å². The first kappa shape index (κ1) is 12.2. The lowest BCUT2D eigenvalue weighted by Gasteiger charge is -2.05. The van der Waals surface area contributed by atoms with Gasteiger partial charge in [0.1, 0.15) is 0 Å². The van der Waals surface area contributed by atoms with Crippen molar-refractivity contribution < 1.29 is 12.8 Å². The zero-order valence-corrected chi connectivity index (χ0v) is 10.3. The van der Waals surface area contributed by atoms with E-state index in [0.717, 1.165) is 11.6 Å². The molecule has 2 rings (SSSR count). The first-order valence-electron chi connectivity index (χ1n) is 4.71. The average molecular weight is 272 g/mol. The molecule has 0 unspecified atom stereocenters. The fourth-order valence-electron chi connectivity index (χ4n) is 1.21. The van der Waals surface area contributed by atoms with Gasteiger partial charge in [0.15, 0.2) is 5.82 Å². The van der Waals surface area contributed by atoms with Gasteiger partial charge in [-0.1, -0.05) is 0 Å². The first-order valence-corrected chi connectivity index (χ1v) is 7.13. The lowest BCUT2D eigenvalue weighted by atomic mass is 10.4. The van der Waals surface area contributed by atoms with Crippen molar-refractivity contribution in [2.75, 3.05) is 0 Å². The van der Waals surface area contributed by atoms with Gasteiger partial charge < -0.3 is 0 Å². The fraction of sp³-hybridized carbons (Fsp3) is 0.100. The maximum atomic E-state index is 13.3. The van der Waals surface area contributed by atoms with Gasteiger partial charge in [0.05, 0.1) is 0 Å². The number of nitrogens with zero attached hydrogens (tertiary/aromatic N) is 1. The highest BCUT2D eigenvalue weighted by Gasteiger charge is 2.19.